The van der Waals surface area contributed by atoms with Crippen molar-refractivity contribution in [2.45, 2.75) is 6.04 Å². The lowest BCUT2D eigenvalue weighted by Gasteiger charge is -2.23. The molecular weight excluding hydrogens is 256 g/mol. The highest BCUT2D eigenvalue weighted by Gasteiger charge is 2.35. The lowest BCUT2D eigenvalue weighted by Crippen LogP contribution is -2.38. The van der Waals surface area contributed by atoms with Gasteiger partial charge in [0.25, 0.3) is 5.91 Å². The summed E-state index contributed by atoms with van der Waals surface area (Å²) >= 11 is 0. The molecule has 2 atom stereocenters. The zero-order chi connectivity index (χ0) is 14.5. The number of ether oxygens (including phenoxy) is 1. The summed E-state index contributed by atoms with van der Waals surface area (Å²) < 4.78 is 5.48. The molecule has 110 valence electrons. The van der Waals surface area contributed by atoms with Crippen LogP contribution in [0, 0.1) is 5.92 Å². The Morgan fingerprint density at radius 3 is 2.60 bits per heavy atom. The molecule has 1 N–H and O–H groups in total. The normalized spacial score (nSPS) is 22.3. The molecule has 0 aliphatic carbocycles. The van der Waals surface area contributed by atoms with Crippen LogP contribution in [0.25, 0.3) is 0 Å². The molecule has 0 saturated carbocycles. The molecule has 0 unspecified atom stereocenters. The van der Waals surface area contributed by atoms with Crippen LogP contribution in [0.5, 0.6) is 5.75 Å². The number of hydrogen-bond donors (Lipinski definition) is 1. The highest BCUT2D eigenvalue weighted by molar-refractivity contribution is 5.78. The predicted molar refractivity (Wildman–Crippen MR) is 76.6 cm³/mol. The molecule has 1 heterocycles. The molecule has 1 aliphatic rings. The van der Waals surface area contributed by atoms with Gasteiger partial charge in [-0.15, -0.1) is 0 Å². The SMILES string of the molecule is CN(C)[C@@H]1CN(C(=O)COc2ccccc2)C[C@H]1CO. The van der Waals surface area contributed by atoms with Gasteiger partial charge in [-0.05, 0) is 26.2 Å². The van der Waals surface area contributed by atoms with E-state index in [1.54, 1.807) is 4.90 Å². The maximum atomic E-state index is 12.1. The van der Waals surface area contributed by atoms with Crippen molar-refractivity contribution in [3.63, 3.8) is 0 Å². The van der Waals surface area contributed by atoms with Crippen molar-refractivity contribution < 1.29 is 14.6 Å². The summed E-state index contributed by atoms with van der Waals surface area (Å²) in [6, 6.07) is 9.52. The fourth-order valence-corrected chi connectivity index (χ4v) is 2.58. The molecule has 0 aromatic heterocycles. The average Bonchev–Trinajstić information content (AvgIpc) is 2.90. The Morgan fingerprint density at radius 1 is 1.35 bits per heavy atom. The molecule has 0 radical (unpaired) electrons. The summed E-state index contributed by atoms with van der Waals surface area (Å²) in [5, 5.41) is 9.40. The number of hydrogen-bond acceptors (Lipinski definition) is 4. The first-order chi connectivity index (χ1) is 9.61. The minimum atomic E-state index is -0.0309. The number of rotatable bonds is 5. The van der Waals surface area contributed by atoms with E-state index in [2.05, 4.69) is 4.90 Å². The van der Waals surface area contributed by atoms with Gasteiger partial charge in [-0.25, -0.2) is 0 Å². The Balaban J connectivity index is 1.87. The Morgan fingerprint density at radius 2 is 2.05 bits per heavy atom. The monoisotopic (exact) mass is 278 g/mol. The van der Waals surface area contributed by atoms with Gasteiger partial charge in [0.1, 0.15) is 5.75 Å². The number of nitrogens with zero attached hydrogens (tertiary/aromatic N) is 2. The Hall–Kier alpha value is -1.59. The van der Waals surface area contributed by atoms with Gasteiger partial charge in [0.15, 0.2) is 6.61 Å². The number of carbonyl (C=O) groups is 1. The van der Waals surface area contributed by atoms with E-state index >= 15 is 0 Å². The maximum absolute atomic E-state index is 12.1. The second kappa shape index (κ2) is 6.72. The highest BCUT2D eigenvalue weighted by atomic mass is 16.5. The summed E-state index contributed by atoms with van der Waals surface area (Å²) in [7, 11) is 3.95. The summed E-state index contributed by atoms with van der Waals surface area (Å²) in [5.74, 6) is 0.783. The van der Waals surface area contributed by atoms with E-state index in [9.17, 15) is 9.90 Å². The molecule has 1 amide bonds. The summed E-state index contributed by atoms with van der Waals surface area (Å²) in [6.45, 7) is 1.39. The first-order valence-electron chi connectivity index (χ1n) is 6.84. The van der Waals surface area contributed by atoms with Gasteiger partial charge in [-0.2, -0.15) is 0 Å². The molecule has 1 fully saturated rings. The standard InChI is InChI=1S/C15H22N2O3/c1-16(2)14-9-17(8-12(14)10-18)15(19)11-20-13-6-4-3-5-7-13/h3-7,12,14,18H,8-11H2,1-2H3/t12-,14+/m0/s1. The van der Waals surface area contributed by atoms with Crippen LogP contribution in [0.2, 0.25) is 0 Å². The van der Waals surface area contributed by atoms with E-state index in [1.165, 1.54) is 0 Å². The van der Waals surface area contributed by atoms with Crippen molar-refractivity contribution in [1.29, 1.82) is 0 Å². The van der Waals surface area contributed by atoms with Crippen LogP contribution in [-0.4, -0.2) is 67.3 Å². The Labute approximate surface area is 119 Å². The summed E-state index contributed by atoms with van der Waals surface area (Å²) in [4.78, 5) is 16.0. The number of likely N-dealkylation sites (N-methyl/N-ethyl adjacent to an activating group) is 1. The van der Waals surface area contributed by atoms with E-state index in [0.717, 1.165) is 0 Å². The molecule has 2 rings (SSSR count). The van der Waals surface area contributed by atoms with E-state index in [1.807, 2.05) is 44.4 Å². The molecule has 1 aliphatic heterocycles. The number of likely N-dealkylation sites (tertiary alicyclic amines) is 1. The van der Waals surface area contributed by atoms with Crippen LogP contribution >= 0.6 is 0 Å². The van der Waals surface area contributed by atoms with Gasteiger partial charge in [-0.1, -0.05) is 18.2 Å². The Bertz CT molecular complexity index is 436. The molecule has 1 aromatic rings. The van der Waals surface area contributed by atoms with Crippen molar-refractivity contribution in [2.24, 2.45) is 5.92 Å². The smallest absolute Gasteiger partial charge is 0.260 e. The number of carbonyl (C=O) groups excluding carboxylic acids is 1. The zero-order valence-electron chi connectivity index (χ0n) is 12.0. The fourth-order valence-electron chi connectivity index (χ4n) is 2.58. The number of aliphatic hydroxyl groups is 1. The highest BCUT2D eigenvalue weighted by Crippen LogP contribution is 2.20. The van der Waals surface area contributed by atoms with E-state index in [-0.39, 0.29) is 31.1 Å². The second-order valence-corrected chi connectivity index (χ2v) is 5.37. The molecule has 1 aromatic carbocycles. The van der Waals surface area contributed by atoms with Crippen LogP contribution in [0.4, 0.5) is 0 Å². The van der Waals surface area contributed by atoms with E-state index in [4.69, 9.17) is 4.74 Å². The minimum Gasteiger partial charge on any atom is -0.484 e. The molecular formula is C15H22N2O3. The average molecular weight is 278 g/mol. The van der Waals surface area contributed by atoms with Crippen LogP contribution in [0.1, 0.15) is 0 Å². The fraction of sp³-hybridized carbons (Fsp3) is 0.533. The largest absolute Gasteiger partial charge is 0.484 e. The molecule has 5 heteroatoms. The molecule has 0 bridgehead atoms. The third-order valence-electron chi connectivity index (χ3n) is 3.76. The van der Waals surface area contributed by atoms with Crippen molar-refractivity contribution in [3.8, 4) is 5.75 Å². The van der Waals surface area contributed by atoms with Gasteiger partial charge < -0.3 is 19.6 Å². The topological polar surface area (TPSA) is 53.0 Å². The van der Waals surface area contributed by atoms with Crippen molar-refractivity contribution in [1.82, 2.24) is 9.80 Å². The molecule has 5 nitrogen and oxygen atoms in total. The number of aliphatic hydroxyl groups excluding tert-OH is 1. The quantitative estimate of drug-likeness (QED) is 0.849. The summed E-state index contributed by atoms with van der Waals surface area (Å²) in [5.41, 5.74) is 0. The van der Waals surface area contributed by atoms with Crippen LogP contribution in [-0.2, 0) is 4.79 Å². The van der Waals surface area contributed by atoms with Crippen molar-refractivity contribution >= 4 is 5.91 Å². The van der Waals surface area contributed by atoms with Gasteiger partial charge in [0.05, 0.1) is 0 Å². The first kappa shape index (κ1) is 14.8. The van der Waals surface area contributed by atoms with Gasteiger partial charge in [0.2, 0.25) is 0 Å². The number of para-hydroxylation sites is 1. The van der Waals surface area contributed by atoms with Gasteiger partial charge >= 0.3 is 0 Å². The Kier molecular flexibility index (Phi) is 4.98. The van der Waals surface area contributed by atoms with Crippen LogP contribution in [0.3, 0.4) is 0 Å². The van der Waals surface area contributed by atoms with Gasteiger partial charge in [-0.3, -0.25) is 4.79 Å². The predicted octanol–water partition coefficient (Wildman–Crippen LogP) is 0.446. The van der Waals surface area contributed by atoms with Crippen LogP contribution < -0.4 is 4.74 Å². The summed E-state index contributed by atoms with van der Waals surface area (Å²) in [6.07, 6.45) is 0. The van der Waals surface area contributed by atoms with Crippen molar-refractivity contribution in [3.05, 3.63) is 30.3 Å². The molecule has 1 saturated heterocycles. The second-order valence-electron chi connectivity index (χ2n) is 5.37. The number of benzene rings is 1. The first-order valence-corrected chi connectivity index (χ1v) is 6.84. The maximum Gasteiger partial charge on any atom is 0.260 e. The van der Waals surface area contributed by atoms with E-state index in [0.29, 0.717) is 18.8 Å². The van der Waals surface area contributed by atoms with Crippen molar-refractivity contribution in [2.75, 3.05) is 40.4 Å². The van der Waals surface area contributed by atoms with Gasteiger partial charge in [0, 0.05) is 31.7 Å². The van der Waals surface area contributed by atoms with Crippen LogP contribution in [0.15, 0.2) is 30.3 Å². The number of amides is 1. The third kappa shape index (κ3) is 3.49. The third-order valence-corrected chi connectivity index (χ3v) is 3.76. The molecule has 20 heavy (non-hydrogen) atoms. The molecule has 0 spiro atoms. The van der Waals surface area contributed by atoms with E-state index < -0.39 is 0 Å². The lowest BCUT2D eigenvalue weighted by atomic mass is 10.0. The minimum absolute atomic E-state index is 0.0309. The lowest BCUT2D eigenvalue weighted by molar-refractivity contribution is -0.132. The zero-order valence-corrected chi connectivity index (χ0v) is 12.0.